The van der Waals surface area contributed by atoms with Crippen molar-refractivity contribution in [2.75, 3.05) is 12.4 Å². The maximum Gasteiger partial charge on any atom is 0.506 e. The second kappa shape index (κ2) is 17.3. The first kappa shape index (κ1) is 31.9. The van der Waals surface area contributed by atoms with E-state index in [1.165, 1.54) is 0 Å². The minimum absolute atomic E-state index is 0.0371. The molecule has 0 aromatic heterocycles. The quantitative estimate of drug-likeness (QED) is 0.0866. The molecule has 0 bridgehead atoms. The molecule has 8 heteroatoms. The lowest BCUT2D eigenvalue weighted by Gasteiger charge is -2.31. The van der Waals surface area contributed by atoms with Gasteiger partial charge in [0.25, 0.3) is 0 Å². The van der Waals surface area contributed by atoms with Gasteiger partial charge >= 0.3 is 6.16 Å². The molecule has 0 aliphatic heterocycles. The smallest absolute Gasteiger partial charge is 0.450 e. The minimum atomic E-state index is -1.37. The number of rotatable bonds is 17. The van der Waals surface area contributed by atoms with Gasteiger partial charge in [0, 0.05) is 37.1 Å². The molecule has 0 spiro atoms. The van der Waals surface area contributed by atoms with Crippen molar-refractivity contribution >= 4 is 23.7 Å². The Morgan fingerprint density at radius 2 is 1.97 bits per heavy atom. The Balaban J connectivity index is 2.11. The summed E-state index contributed by atoms with van der Waals surface area (Å²) in [5.74, 6) is -0.119. The van der Waals surface area contributed by atoms with Crippen molar-refractivity contribution in [2.45, 2.75) is 88.9 Å². The van der Waals surface area contributed by atoms with Crippen molar-refractivity contribution in [3.63, 3.8) is 0 Å². The third kappa shape index (κ3) is 11.2. The van der Waals surface area contributed by atoms with E-state index in [9.17, 15) is 24.9 Å². The number of carbonyl (C=O) groups excluding carboxylic acids is 1. The van der Waals surface area contributed by atoms with Gasteiger partial charge in [0.1, 0.15) is 6.10 Å². The van der Waals surface area contributed by atoms with E-state index >= 15 is 0 Å². The lowest BCUT2D eigenvalue weighted by Crippen LogP contribution is -2.35. The molecule has 1 aliphatic carbocycles. The van der Waals surface area contributed by atoms with Gasteiger partial charge in [-0.05, 0) is 63.9 Å². The van der Waals surface area contributed by atoms with Crippen LogP contribution in [0.5, 0.6) is 0 Å². The van der Waals surface area contributed by atoms with Crippen LogP contribution >= 0.6 is 11.6 Å². The number of nitrogens with one attached hydrogen (secondary N) is 1. The van der Waals surface area contributed by atoms with Gasteiger partial charge in [-0.1, -0.05) is 54.6 Å². The van der Waals surface area contributed by atoms with Crippen molar-refractivity contribution < 1.29 is 29.6 Å². The van der Waals surface area contributed by atoms with Gasteiger partial charge in [-0.2, -0.15) is 0 Å². The molecule has 2 unspecified atom stereocenters. The molecule has 4 N–H and O–H groups in total. The van der Waals surface area contributed by atoms with Crippen LogP contribution in [0.2, 0.25) is 0 Å². The predicted octanol–water partition coefficient (Wildman–Crippen LogP) is 5.63. The fraction of sp³-hybridized carbons (Fsp3) is 0.600. The van der Waals surface area contributed by atoms with E-state index in [0.29, 0.717) is 38.1 Å². The lowest BCUT2D eigenvalue weighted by molar-refractivity contribution is -0.121. The normalized spacial score (nSPS) is 24.2. The highest BCUT2D eigenvalue weighted by molar-refractivity contribution is 6.17. The number of aryl methyl sites for hydroxylation is 1. The van der Waals surface area contributed by atoms with Crippen LogP contribution in [0.25, 0.3) is 0 Å². The van der Waals surface area contributed by atoms with Crippen molar-refractivity contribution in [2.24, 2.45) is 11.8 Å². The molecule has 7 nitrogen and oxygen atoms in total. The van der Waals surface area contributed by atoms with E-state index in [0.717, 1.165) is 37.7 Å². The van der Waals surface area contributed by atoms with Gasteiger partial charge in [0.15, 0.2) is 0 Å². The van der Waals surface area contributed by atoms with Crippen molar-refractivity contribution in [1.82, 2.24) is 5.32 Å². The van der Waals surface area contributed by atoms with Crippen molar-refractivity contribution in [1.29, 1.82) is 0 Å². The molecule has 1 aliphatic rings. The van der Waals surface area contributed by atoms with Gasteiger partial charge in [0.2, 0.25) is 5.91 Å². The Kier molecular flexibility index (Phi) is 14.5. The van der Waals surface area contributed by atoms with Crippen LogP contribution in [0.4, 0.5) is 4.79 Å². The maximum atomic E-state index is 11.7. The molecule has 1 saturated carbocycles. The number of aliphatic hydroxyl groups is 2. The number of unbranched alkanes of at least 4 members (excludes halogenated alkanes) is 2. The minimum Gasteiger partial charge on any atom is -0.450 e. The van der Waals surface area contributed by atoms with E-state index in [1.54, 1.807) is 6.08 Å². The Hall–Kier alpha value is -2.35. The molecule has 0 radical (unpaired) electrons. The van der Waals surface area contributed by atoms with E-state index in [4.69, 9.17) is 16.3 Å². The summed E-state index contributed by atoms with van der Waals surface area (Å²) in [5.41, 5.74) is 0.0263. The summed E-state index contributed by atoms with van der Waals surface area (Å²) in [5, 5.41) is 34.5. The number of hydrogen-bond acceptors (Lipinski definition) is 5. The first-order chi connectivity index (χ1) is 18.3. The number of aliphatic hydroxyl groups excluding tert-OH is 1. The summed E-state index contributed by atoms with van der Waals surface area (Å²) in [6, 6.07) is 9.92. The number of alkyl halides is 1. The molecule has 2 rings (SSSR count). The van der Waals surface area contributed by atoms with Gasteiger partial charge in [0.05, 0.1) is 11.7 Å². The van der Waals surface area contributed by atoms with Crippen LogP contribution in [-0.2, 0) is 16.0 Å². The summed E-state index contributed by atoms with van der Waals surface area (Å²) >= 11 is 5.86. The van der Waals surface area contributed by atoms with Crippen LogP contribution in [0, 0.1) is 11.8 Å². The predicted molar refractivity (Wildman–Crippen MR) is 150 cm³/mol. The summed E-state index contributed by atoms with van der Waals surface area (Å²) in [6.07, 6.45) is 10.7. The van der Waals surface area contributed by atoms with Crippen LogP contribution in [0.15, 0.2) is 54.6 Å². The van der Waals surface area contributed by atoms with E-state index < -0.39 is 24.0 Å². The van der Waals surface area contributed by atoms with Gasteiger partial charge in [-0.15, -0.1) is 11.6 Å². The third-order valence-electron chi connectivity index (χ3n) is 7.22. The van der Waals surface area contributed by atoms with Crippen LogP contribution in [0.3, 0.4) is 0 Å². The zero-order chi connectivity index (χ0) is 27.8. The third-order valence-corrected chi connectivity index (χ3v) is 7.48. The summed E-state index contributed by atoms with van der Waals surface area (Å²) in [6.45, 7) is 2.51. The summed E-state index contributed by atoms with van der Waals surface area (Å²) < 4.78 is 5.24. The number of carboxylic acid groups (broad SMARTS) is 1. The first-order valence-electron chi connectivity index (χ1n) is 13.8. The number of halogens is 1. The van der Waals surface area contributed by atoms with Crippen LogP contribution < -0.4 is 5.32 Å². The molecule has 0 heterocycles. The number of allylic oxidation sites excluding steroid dienone is 2. The first-order valence-corrected chi connectivity index (χ1v) is 14.3. The highest BCUT2D eigenvalue weighted by Gasteiger charge is 2.52. The lowest BCUT2D eigenvalue weighted by atomic mass is 9.79. The Morgan fingerprint density at radius 1 is 1.21 bits per heavy atom. The zero-order valence-corrected chi connectivity index (χ0v) is 23.2. The Bertz CT molecular complexity index is 892. The Morgan fingerprint density at radius 3 is 2.66 bits per heavy atom. The molecule has 38 heavy (non-hydrogen) atoms. The standard InChI is InChI=1S/C30H44ClNO6/c1-2-32-28(34)15-9-4-3-8-14-26-25(19-18-24(33)17-16-23-12-6-5-7-13-23)27(38-29(35)36)22-30(26,37)20-10-11-21-31/h3,5-8,12-13,18-19,24-27,33,37H,2,4,9-11,14-17,20-22H2,1H3,(H,32,34)(H,35,36)/b8-3-,19-18+/t24-,25+,26+,27?,30?/m0/s1. The number of carbonyl (C=O) groups is 2. The molecular weight excluding hydrogens is 506 g/mol. The van der Waals surface area contributed by atoms with Crippen LogP contribution in [0.1, 0.15) is 70.3 Å². The average molecular weight is 550 g/mol. The number of benzene rings is 1. The monoisotopic (exact) mass is 549 g/mol. The molecule has 1 aromatic rings. The molecule has 212 valence electrons. The van der Waals surface area contributed by atoms with Crippen molar-refractivity contribution in [3.05, 3.63) is 60.2 Å². The Labute approximate surface area is 231 Å². The summed E-state index contributed by atoms with van der Waals surface area (Å²) in [4.78, 5) is 23.1. The second-order valence-corrected chi connectivity index (χ2v) is 10.5. The van der Waals surface area contributed by atoms with Crippen LogP contribution in [-0.4, -0.2) is 57.6 Å². The van der Waals surface area contributed by atoms with E-state index in [1.807, 2.05) is 55.5 Å². The highest BCUT2D eigenvalue weighted by atomic mass is 35.5. The van der Waals surface area contributed by atoms with Gasteiger partial charge in [-0.25, -0.2) is 4.79 Å². The summed E-state index contributed by atoms with van der Waals surface area (Å²) in [7, 11) is 0. The fourth-order valence-corrected chi connectivity index (χ4v) is 5.48. The van der Waals surface area contributed by atoms with Gasteiger partial charge in [-0.3, -0.25) is 4.79 Å². The topological polar surface area (TPSA) is 116 Å². The number of ether oxygens (including phenoxy) is 1. The highest BCUT2D eigenvalue weighted by Crippen LogP contribution is 2.47. The SMILES string of the molecule is CCNC(=O)CCC/C=C\C[C@@H]1[C@@H](/C=C/[C@@H](O)CCc2ccccc2)C(OC(=O)O)CC1(O)CCCCCl. The zero-order valence-electron chi connectivity index (χ0n) is 22.4. The molecule has 1 fully saturated rings. The fourth-order valence-electron chi connectivity index (χ4n) is 5.29. The molecule has 5 atom stereocenters. The molecule has 0 saturated heterocycles. The van der Waals surface area contributed by atoms with E-state index in [-0.39, 0.29) is 24.2 Å². The molecular formula is C30H44ClNO6. The molecule has 1 aromatic carbocycles. The van der Waals surface area contributed by atoms with Gasteiger partial charge < -0.3 is 25.4 Å². The maximum absolute atomic E-state index is 11.7. The van der Waals surface area contributed by atoms with E-state index in [2.05, 4.69) is 5.32 Å². The average Bonchev–Trinajstić information content (AvgIpc) is 3.13. The second-order valence-electron chi connectivity index (χ2n) is 10.1. The number of hydrogen-bond donors (Lipinski definition) is 4. The largest absolute Gasteiger partial charge is 0.506 e. The molecule has 1 amide bonds. The number of amides is 1. The van der Waals surface area contributed by atoms with Crippen molar-refractivity contribution in [3.8, 4) is 0 Å².